The molecule has 1 aromatic rings. The Labute approximate surface area is 143 Å². The SMILES string of the molecule is C=CCN(CC(=O)N(CCOC)Cc1cccn1C)C(=O)NCC. The van der Waals surface area contributed by atoms with Crippen LogP contribution in [0.2, 0.25) is 0 Å². The first-order chi connectivity index (χ1) is 11.5. The number of nitrogens with one attached hydrogen (secondary N) is 1. The molecule has 7 heteroatoms. The number of aryl methyl sites for hydroxylation is 1. The molecule has 0 bridgehead atoms. The van der Waals surface area contributed by atoms with E-state index in [1.807, 2.05) is 36.9 Å². The van der Waals surface area contributed by atoms with Crippen molar-refractivity contribution in [3.63, 3.8) is 0 Å². The maximum atomic E-state index is 12.7. The summed E-state index contributed by atoms with van der Waals surface area (Å²) in [5.41, 5.74) is 1.02. The van der Waals surface area contributed by atoms with Crippen LogP contribution >= 0.6 is 0 Å². The van der Waals surface area contributed by atoms with Crippen molar-refractivity contribution in [3.05, 3.63) is 36.7 Å². The number of methoxy groups -OCH3 is 1. The smallest absolute Gasteiger partial charge is 0.318 e. The fourth-order valence-corrected chi connectivity index (χ4v) is 2.25. The predicted molar refractivity (Wildman–Crippen MR) is 93.5 cm³/mol. The maximum Gasteiger partial charge on any atom is 0.318 e. The van der Waals surface area contributed by atoms with E-state index in [0.29, 0.717) is 32.8 Å². The van der Waals surface area contributed by atoms with Gasteiger partial charge in [0, 0.05) is 45.7 Å². The van der Waals surface area contributed by atoms with Gasteiger partial charge < -0.3 is 24.4 Å². The molecule has 0 aliphatic carbocycles. The lowest BCUT2D eigenvalue weighted by molar-refractivity contribution is -0.133. The summed E-state index contributed by atoms with van der Waals surface area (Å²) < 4.78 is 7.07. The first-order valence-corrected chi connectivity index (χ1v) is 8.04. The Morgan fingerprint density at radius 1 is 1.42 bits per heavy atom. The van der Waals surface area contributed by atoms with Crippen LogP contribution in [0.4, 0.5) is 4.79 Å². The third-order valence-corrected chi connectivity index (χ3v) is 3.61. The average molecular weight is 336 g/mol. The summed E-state index contributed by atoms with van der Waals surface area (Å²) in [7, 11) is 3.54. The maximum absolute atomic E-state index is 12.7. The van der Waals surface area contributed by atoms with Gasteiger partial charge in [0.05, 0.1) is 13.2 Å². The van der Waals surface area contributed by atoms with Crippen molar-refractivity contribution in [2.75, 3.05) is 39.9 Å². The number of carbonyl (C=O) groups excluding carboxylic acids is 2. The second-order valence-corrected chi connectivity index (χ2v) is 5.42. The molecule has 0 saturated carbocycles. The summed E-state index contributed by atoms with van der Waals surface area (Å²) in [5.74, 6) is -0.124. The molecule has 7 nitrogen and oxygen atoms in total. The highest BCUT2D eigenvalue weighted by Gasteiger charge is 2.20. The second kappa shape index (κ2) is 10.5. The zero-order valence-electron chi connectivity index (χ0n) is 14.8. The van der Waals surface area contributed by atoms with E-state index in [2.05, 4.69) is 11.9 Å². The highest BCUT2D eigenvalue weighted by molar-refractivity contribution is 5.84. The normalized spacial score (nSPS) is 10.3. The van der Waals surface area contributed by atoms with Gasteiger partial charge >= 0.3 is 6.03 Å². The van der Waals surface area contributed by atoms with Crippen LogP contribution in [-0.4, -0.2) is 66.2 Å². The summed E-state index contributed by atoms with van der Waals surface area (Å²) in [4.78, 5) is 27.9. The van der Waals surface area contributed by atoms with E-state index < -0.39 is 0 Å². The molecular weight excluding hydrogens is 308 g/mol. The number of aromatic nitrogens is 1. The van der Waals surface area contributed by atoms with Crippen LogP contribution in [0.1, 0.15) is 12.6 Å². The van der Waals surface area contributed by atoms with Crippen LogP contribution in [0.15, 0.2) is 31.0 Å². The third-order valence-electron chi connectivity index (χ3n) is 3.61. The molecule has 0 radical (unpaired) electrons. The Morgan fingerprint density at radius 2 is 2.17 bits per heavy atom. The molecule has 0 aliphatic heterocycles. The number of ether oxygens (including phenoxy) is 1. The Balaban J connectivity index is 2.79. The van der Waals surface area contributed by atoms with Crippen LogP contribution < -0.4 is 5.32 Å². The molecule has 1 heterocycles. The average Bonchev–Trinajstić information content (AvgIpc) is 2.96. The zero-order chi connectivity index (χ0) is 17.9. The molecule has 3 amide bonds. The van der Waals surface area contributed by atoms with E-state index in [1.54, 1.807) is 18.1 Å². The molecule has 0 unspecified atom stereocenters. The fourth-order valence-electron chi connectivity index (χ4n) is 2.25. The van der Waals surface area contributed by atoms with E-state index in [0.717, 1.165) is 5.69 Å². The van der Waals surface area contributed by atoms with Gasteiger partial charge in [-0.05, 0) is 19.1 Å². The topological polar surface area (TPSA) is 66.8 Å². The number of urea groups is 1. The van der Waals surface area contributed by atoms with Crippen molar-refractivity contribution >= 4 is 11.9 Å². The number of hydrogen-bond donors (Lipinski definition) is 1. The quantitative estimate of drug-likeness (QED) is 0.653. The van der Waals surface area contributed by atoms with Crippen LogP contribution in [-0.2, 0) is 23.1 Å². The van der Waals surface area contributed by atoms with Crippen molar-refractivity contribution in [2.24, 2.45) is 7.05 Å². The van der Waals surface area contributed by atoms with E-state index in [9.17, 15) is 9.59 Å². The molecule has 1 rings (SSSR count). The minimum Gasteiger partial charge on any atom is -0.383 e. The van der Waals surface area contributed by atoms with Gasteiger partial charge in [0.25, 0.3) is 0 Å². The van der Waals surface area contributed by atoms with Gasteiger partial charge in [-0.25, -0.2) is 4.79 Å². The number of amides is 3. The standard InChI is InChI=1S/C17H28N4O3/c1-5-9-21(17(23)18-6-2)14-16(22)20(11-12-24-4)13-15-8-7-10-19(15)3/h5,7-8,10H,1,6,9,11-14H2,2-4H3,(H,18,23). The van der Waals surface area contributed by atoms with Gasteiger partial charge in [-0.2, -0.15) is 0 Å². The summed E-state index contributed by atoms with van der Waals surface area (Å²) >= 11 is 0. The van der Waals surface area contributed by atoms with Crippen molar-refractivity contribution in [1.29, 1.82) is 0 Å². The molecule has 1 aromatic heterocycles. The van der Waals surface area contributed by atoms with Crippen molar-refractivity contribution in [3.8, 4) is 0 Å². The molecule has 0 atom stereocenters. The van der Waals surface area contributed by atoms with Crippen molar-refractivity contribution < 1.29 is 14.3 Å². The highest BCUT2D eigenvalue weighted by atomic mass is 16.5. The molecule has 0 saturated heterocycles. The molecule has 24 heavy (non-hydrogen) atoms. The first-order valence-electron chi connectivity index (χ1n) is 8.04. The van der Waals surface area contributed by atoms with E-state index in [1.165, 1.54) is 4.90 Å². The molecule has 134 valence electrons. The van der Waals surface area contributed by atoms with Crippen LogP contribution in [0.5, 0.6) is 0 Å². The zero-order valence-corrected chi connectivity index (χ0v) is 14.8. The Morgan fingerprint density at radius 3 is 2.71 bits per heavy atom. The van der Waals surface area contributed by atoms with Gasteiger partial charge in [0.1, 0.15) is 6.54 Å². The lowest BCUT2D eigenvalue weighted by Crippen LogP contribution is -2.47. The lowest BCUT2D eigenvalue weighted by atomic mass is 10.3. The third kappa shape index (κ3) is 6.08. The summed E-state index contributed by atoms with van der Waals surface area (Å²) in [6.07, 6.45) is 3.55. The molecule has 0 fully saturated rings. The largest absolute Gasteiger partial charge is 0.383 e. The Hall–Kier alpha value is -2.28. The molecule has 0 aromatic carbocycles. The summed E-state index contributed by atoms with van der Waals surface area (Å²) in [5, 5.41) is 2.71. The first kappa shape index (κ1) is 19.8. The van der Waals surface area contributed by atoms with E-state index in [-0.39, 0.29) is 18.5 Å². The van der Waals surface area contributed by atoms with Crippen LogP contribution in [0.3, 0.4) is 0 Å². The van der Waals surface area contributed by atoms with Gasteiger partial charge in [-0.3, -0.25) is 4.79 Å². The summed E-state index contributed by atoms with van der Waals surface area (Å²) in [6, 6.07) is 3.64. The van der Waals surface area contributed by atoms with Gasteiger partial charge in [0.2, 0.25) is 5.91 Å². The highest BCUT2D eigenvalue weighted by Crippen LogP contribution is 2.06. The Kier molecular flexibility index (Phi) is 8.64. The Bertz CT molecular complexity index is 542. The van der Waals surface area contributed by atoms with Gasteiger partial charge in [-0.15, -0.1) is 6.58 Å². The van der Waals surface area contributed by atoms with E-state index in [4.69, 9.17) is 4.74 Å². The van der Waals surface area contributed by atoms with Gasteiger partial charge in [-0.1, -0.05) is 6.08 Å². The molecular formula is C17H28N4O3. The molecule has 0 aliphatic rings. The second-order valence-electron chi connectivity index (χ2n) is 5.42. The van der Waals surface area contributed by atoms with Gasteiger partial charge in [0.15, 0.2) is 0 Å². The molecule has 0 spiro atoms. The number of nitrogens with zero attached hydrogens (tertiary/aromatic N) is 3. The van der Waals surface area contributed by atoms with Crippen molar-refractivity contribution in [1.82, 2.24) is 19.7 Å². The summed E-state index contributed by atoms with van der Waals surface area (Å²) in [6.45, 7) is 7.71. The number of hydrogen-bond acceptors (Lipinski definition) is 3. The predicted octanol–water partition coefficient (Wildman–Crippen LogP) is 1.22. The minimum atomic E-state index is -0.267. The number of carbonyl (C=O) groups is 2. The molecule has 1 N–H and O–H groups in total. The minimum absolute atomic E-state index is 0.00594. The monoisotopic (exact) mass is 336 g/mol. The number of rotatable bonds is 10. The fraction of sp³-hybridized carbons (Fsp3) is 0.529. The van der Waals surface area contributed by atoms with E-state index >= 15 is 0 Å². The van der Waals surface area contributed by atoms with Crippen LogP contribution in [0.25, 0.3) is 0 Å². The van der Waals surface area contributed by atoms with Crippen molar-refractivity contribution in [2.45, 2.75) is 13.5 Å². The lowest BCUT2D eigenvalue weighted by Gasteiger charge is -2.27. The van der Waals surface area contributed by atoms with Crippen LogP contribution in [0, 0.1) is 0 Å².